The number of likely N-dealkylation sites (N-methyl/N-ethyl adjacent to an activating group) is 1. The predicted molar refractivity (Wildman–Crippen MR) is 89.3 cm³/mol. The number of nitrogens with one attached hydrogen (secondary N) is 1. The summed E-state index contributed by atoms with van der Waals surface area (Å²) >= 11 is 0. The minimum absolute atomic E-state index is 0.235. The summed E-state index contributed by atoms with van der Waals surface area (Å²) in [4.78, 5) is 25.9. The Morgan fingerprint density at radius 3 is 2.54 bits per heavy atom. The molecule has 2 aromatic rings. The number of anilines is 1. The van der Waals surface area contributed by atoms with Crippen molar-refractivity contribution in [3.05, 3.63) is 48.3 Å². The van der Waals surface area contributed by atoms with Gasteiger partial charge in [-0.1, -0.05) is 12.1 Å². The number of amides is 2. The largest absolute Gasteiger partial charge is 0.418 e. The lowest BCUT2D eigenvalue weighted by Gasteiger charge is -2.24. The zero-order chi connectivity index (χ0) is 19.3. The highest BCUT2D eigenvalue weighted by molar-refractivity contribution is 5.95. The van der Waals surface area contributed by atoms with Crippen LogP contribution in [0.5, 0.6) is 0 Å². The highest BCUT2D eigenvalue weighted by Gasteiger charge is 2.33. The topological polar surface area (TPSA) is 67.2 Å². The standard InChI is InChI=1S/C17H19F3N4O2/c1-3-23(16(26)12(2)24-10-6-9-21-24)11-15(25)22-14-8-5-4-7-13(14)17(18,19)20/h4-10,12H,3,11H2,1-2H3,(H,22,25). The normalized spacial score (nSPS) is 12.5. The first-order chi connectivity index (χ1) is 12.2. The van der Waals surface area contributed by atoms with Crippen LogP contribution in [0.3, 0.4) is 0 Å². The van der Waals surface area contributed by atoms with Gasteiger partial charge in [0.1, 0.15) is 6.04 Å². The molecule has 2 amide bonds. The molecule has 1 atom stereocenters. The van der Waals surface area contributed by atoms with Crippen molar-refractivity contribution in [3.63, 3.8) is 0 Å². The molecule has 0 fully saturated rings. The molecule has 26 heavy (non-hydrogen) atoms. The maximum absolute atomic E-state index is 13.0. The zero-order valence-corrected chi connectivity index (χ0v) is 14.3. The molecule has 2 rings (SSSR count). The van der Waals surface area contributed by atoms with E-state index in [1.165, 1.54) is 34.0 Å². The Hall–Kier alpha value is -2.84. The number of halogens is 3. The van der Waals surface area contributed by atoms with E-state index in [0.717, 1.165) is 6.07 Å². The Morgan fingerprint density at radius 2 is 1.96 bits per heavy atom. The van der Waals surface area contributed by atoms with Crippen molar-refractivity contribution >= 4 is 17.5 Å². The van der Waals surface area contributed by atoms with Crippen LogP contribution in [0.25, 0.3) is 0 Å². The molecule has 0 aliphatic heterocycles. The Labute approximate surface area is 148 Å². The molecule has 1 aromatic heterocycles. The Kier molecular flexibility index (Phi) is 6.01. The first-order valence-electron chi connectivity index (χ1n) is 7.98. The Bertz CT molecular complexity index is 760. The van der Waals surface area contributed by atoms with Crippen LogP contribution in [-0.2, 0) is 15.8 Å². The first kappa shape index (κ1) is 19.5. The van der Waals surface area contributed by atoms with Gasteiger partial charge in [-0.05, 0) is 32.0 Å². The molecule has 0 spiro atoms. The maximum Gasteiger partial charge on any atom is 0.418 e. The van der Waals surface area contributed by atoms with Gasteiger partial charge in [-0.15, -0.1) is 0 Å². The molecule has 1 aromatic carbocycles. The van der Waals surface area contributed by atoms with Gasteiger partial charge in [0.15, 0.2) is 0 Å². The number of rotatable bonds is 6. The van der Waals surface area contributed by atoms with Gasteiger partial charge in [0.05, 0.1) is 17.8 Å². The molecule has 0 bridgehead atoms. The number of carbonyl (C=O) groups excluding carboxylic acids is 2. The van der Waals surface area contributed by atoms with Crippen LogP contribution in [0.2, 0.25) is 0 Å². The third-order valence-electron chi connectivity index (χ3n) is 3.81. The first-order valence-corrected chi connectivity index (χ1v) is 7.98. The van der Waals surface area contributed by atoms with E-state index >= 15 is 0 Å². The van der Waals surface area contributed by atoms with E-state index in [-0.39, 0.29) is 24.7 Å². The minimum Gasteiger partial charge on any atom is -0.332 e. The van der Waals surface area contributed by atoms with Crippen LogP contribution < -0.4 is 5.32 Å². The molecule has 0 saturated carbocycles. The zero-order valence-electron chi connectivity index (χ0n) is 14.3. The van der Waals surface area contributed by atoms with E-state index in [9.17, 15) is 22.8 Å². The van der Waals surface area contributed by atoms with Crippen molar-refractivity contribution in [3.8, 4) is 0 Å². The molecule has 1 heterocycles. The van der Waals surface area contributed by atoms with Crippen LogP contribution >= 0.6 is 0 Å². The van der Waals surface area contributed by atoms with Gasteiger partial charge in [0.2, 0.25) is 11.8 Å². The molecule has 1 unspecified atom stereocenters. The summed E-state index contributed by atoms with van der Waals surface area (Å²) in [6, 6.07) is 5.74. The molecule has 9 heteroatoms. The SMILES string of the molecule is CCN(CC(=O)Nc1ccccc1C(F)(F)F)C(=O)C(C)n1cccn1. The van der Waals surface area contributed by atoms with E-state index in [4.69, 9.17) is 0 Å². The van der Waals surface area contributed by atoms with Crippen LogP contribution in [0.1, 0.15) is 25.5 Å². The van der Waals surface area contributed by atoms with E-state index < -0.39 is 23.7 Å². The van der Waals surface area contributed by atoms with Gasteiger partial charge in [-0.2, -0.15) is 18.3 Å². The fourth-order valence-electron chi connectivity index (χ4n) is 2.44. The van der Waals surface area contributed by atoms with Gasteiger partial charge in [-0.3, -0.25) is 14.3 Å². The number of nitrogens with zero attached hydrogens (tertiary/aromatic N) is 3. The second-order valence-electron chi connectivity index (χ2n) is 5.61. The van der Waals surface area contributed by atoms with Gasteiger partial charge in [0, 0.05) is 18.9 Å². The smallest absolute Gasteiger partial charge is 0.332 e. The van der Waals surface area contributed by atoms with Crippen LogP contribution in [-0.4, -0.2) is 39.6 Å². The lowest BCUT2D eigenvalue weighted by Crippen LogP contribution is -2.41. The van der Waals surface area contributed by atoms with Crippen LogP contribution in [0.15, 0.2) is 42.7 Å². The van der Waals surface area contributed by atoms with Crippen LogP contribution in [0, 0.1) is 0 Å². The number of alkyl halides is 3. The van der Waals surface area contributed by atoms with Crippen molar-refractivity contribution in [2.45, 2.75) is 26.1 Å². The molecule has 6 nitrogen and oxygen atoms in total. The van der Waals surface area contributed by atoms with Crippen molar-refractivity contribution in [2.75, 3.05) is 18.4 Å². The summed E-state index contributed by atoms with van der Waals surface area (Å²) in [6.45, 7) is 3.20. The van der Waals surface area contributed by atoms with Gasteiger partial charge in [0.25, 0.3) is 0 Å². The molecule has 1 N–H and O–H groups in total. The quantitative estimate of drug-likeness (QED) is 0.853. The van der Waals surface area contributed by atoms with E-state index in [0.29, 0.717) is 0 Å². The van der Waals surface area contributed by atoms with Gasteiger partial charge in [-0.25, -0.2) is 0 Å². The van der Waals surface area contributed by atoms with Crippen molar-refractivity contribution in [2.24, 2.45) is 0 Å². The third kappa shape index (κ3) is 4.62. The Morgan fingerprint density at radius 1 is 1.27 bits per heavy atom. The lowest BCUT2D eigenvalue weighted by molar-refractivity contribution is -0.138. The van der Waals surface area contributed by atoms with Crippen molar-refractivity contribution < 1.29 is 22.8 Å². The average molecular weight is 368 g/mol. The number of benzene rings is 1. The summed E-state index contributed by atoms with van der Waals surface area (Å²) in [6.07, 6.45) is -1.43. The van der Waals surface area contributed by atoms with Crippen molar-refractivity contribution in [1.82, 2.24) is 14.7 Å². The van der Waals surface area contributed by atoms with Crippen LogP contribution in [0.4, 0.5) is 18.9 Å². The Balaban J connectivity index is 2.07. The number of hydrogen-bond donors (Lipinski definition) is 1. The lowest BCUT2D eigenvalue weighted by atomic mass is 10.1. The predicted octanol–water partition coefficient (Wildman–Crippen LogP) is 2.95. The molecule has 0 saturated heterocycles. The second kappa shape index (κ2) is 8.03. The monoisotopic (exact) mass is 368 g/mol. The molecule has 140 valence electrons. The summed E-state index contributed by atoms with van der Waals surface area (Å²) in [5.41, 5.74) is -1.28. The van der Waals surface area contributed by atoms with E-state index in [2.05, 4.69) is 10.4 Å². The summed E-state index contributed by atoms with van der Waals surface area (Å²) in [5, 5.41) is 6.22. The molecule has 0 radical (unpaired) electrons. The summed E-state index contributed by atoms with van der Waals surface area (Å²) in [7, 11) is 0. The third-order valence-corrected chi connectivity index (χ3v) is 3.81. The highest BCUT2D eigenvalue weighted by atomic mass is 19.4. The number of carbonyl (C=O) groups is 2. The second-order valence-corrected chi connectivity index (χ2v) is 5.61. The number of aromatic nitrogens is 2. The highest BCUT2D eigenvalue weighted by Crippen LogP contribution is 2.34. The van der Waals surface area contributed by atoms with Gasteiger partial charge >= 0.3 is 6.18 Å². The van der Waals surface area contributed by atoms with Crippen molar-refractivity contribution in [1.29, 1.82) is 0 Å². The minimum atomic E-state index is -4.58. The fraction of sp³-hybridized carbons (Fsp3) is 0.353. The number of hydrogen-bond acceptors (Lipinski definition) is 3. The number of para-hydroxylation sites is 1. The summed E-state index contributed by atoms with van der Waals surface area (Å²) in [5.74, 6) is -1.06. The maximum atomic E-state index is 13.0. The summed E-state index contributed by atoms with van der Waals surface area (Å²) < 4.78 is 40.4. The van der Waals surface area contributed by atoms with Gasteiger partial charge < -0.3 is 10.2 Å². The van der Waals surface area contributed by atoms with E-state index in [1.807, 2.05) is 0 Å². The average Bonchev–Trinajstić information content (AvgIpc) is 3.12. The molecular weight excluding hydrogens is 349 g/mol. The molecule has 0 aliphatic carbocycles. The molecule has 0 aliphatic rings. The molecular formula is C17H19F3N4O2. The fourth-order valence-corrected chi connectivity index (χ4v) is 2.44. The van der Waals surface area contributed by atoms with E-state index in [1.54, 1.807) is 26.1 Å².